The Morgan fingerprint density at radius 3 is 2.90 bits per heavy atom. The molecular formula is C16H27ClN2S. The summed E-state index contributed by atoms with van der Waals surface area (Å²) >= 11 is 7.60. The van der Waals surface area contributed by atoms with Gasteiger partial charge in [-0.25, -0.2) is 0 Å². The molecule has 2 nitrogen and oxygen atoms in total. The zero-order valence-electron chi connectivity index (χ0n) is 12.7. The molecule has 0 bridgehead atoms. The fourth-order valence-corrected chi connectivity index (χ4v) is 4.02. The van der Waals surface area contributed by atoms with Crippen LogP contribution in [0.5, 0.6) is 0 Å². The van der Waals surface area contributed by atoms with Gasteiger partial charge in [-0.3, -0.25) is 0 Å². The molecule has 0 saturated carbocycles. The summed E-state index contributed by atoms with van der Waals surface area (Å²) < 4.78 is 0.883. The molecule has 1 aliphatic heterocycles. The van der Waals surface area contributed by atoms with Crippen LogP contribution < -0.4 is 5.32 Å². The lowest BCUT2D eigenvalue weighted by molar-refractivity contribution is 0.271. The second kappa shape index (κ2) is 8.38. The van der Waals surface area contributed by atoms with Gasteiger partial charge in [-0.15, -0.1) is 11.3 Å². The highest BCUT2D eigenvalue weighted by molar-refractivity contribution is 7.16. The number of rotatable bonds is 6. The smallest absolute Gasteiger partial charge is 0.0931 e. The predicted molar refractivity (Wildman–Crippen MR) is 89.7 cm³/mol. The summed E-state index contributed by atoms with van der Waals surface area (Å²) in [6.45, 7) is 10.5. The van der Waals surface area contributed by atoms with E-state index in [0.29, 0.717) is 0 Å². The topological polar surface area (TPSA) is 15.3 Å². The van der Waals surface area contributed by atoms with Crippen LogP contribution >= 0.6 is 22.9 Å². The fraction of sp³-hybridized carbons (Fsp3) is 0.750. The third kappa shape index (κ3) is 5.36. The molecule has 1 aromatic rings. The maximum Gasteiger partial charge on any atom is 0.0931 e. The molecule has 2 heterocycles. The van der Waals surface area contributed by atoms with Crippen molar-refractivity contribution in [3.05, 3.63) is 21.3 Å². The lowest BCUT2D eigenvalue weighted by Crippen LogP contribution is -2.32. The Labute approximate surface area is 132 Å². The van der Waals surface area contributed by atoms with Crippen LogP contribution in [0.2, 0.25) is 4.34 Å². The van der Waals surface area contributed by atoms with Crippen LogP contribution in [0.25, 0.3) is 0 Å². The summed E-state index contributed by atoms with van der Waals surface area (Å²) in [4.78, 5) is 3.95. The molecule has 1 unspecified atom stereocenters. The van der Waals surface area contributed by atoms with Crippen LogP contribution in [0.15, 0.2) is 12.1 Å². The molecule has 0 radical (unpaired) electrons. The average molecular weight is 315 g/mol. The molecule has 4 heteroatoms. The van der Waals surface area contributed by atoms with E-state index in [1.54, 1.807) is 11.3 Å². The molecular weight excluding hydrogens is 288 g/mol. The van der Waals surface area contributed by atoms with Crippen LogP contribution in [-0.4, -0.2) is 31.1 Å². The van der Waals surface area contributed by atoms with Crippen molar-refractivity contribution in [1.82, 2.24) is 10.2 Å². The first-order valence-electron chi connectivity index (χ1n) is 7.82. The van der Waals surface area contributed by atoms with Crippen molar-refractivity contribution < 1.29 is 0 Å². The highest BCUT2D eigenvalue weighted by Gasteiger charge is 2.18. The summed E-state index contributed by atoms with van der Waals surface area (Å²) in [5.41, 5.74) is 0. The Balaban J connectivity index is 1.62. The summed E-state index contributed by atoms with van der Waals surface area (Å²) in [5.74, 6) is 1.78. The largest absolute Gasteiger partial charge is 0.311 e. The van der Waals surface area contributed by atoms with Gasteiger partial charge in [-0.05, 0) is 56.3 Å². The third-order valence-electron chi connectivity index (χ3n) is 4.34. The van der Waals surface area contributed by atoms with Gasteiger partial charge in [0.2, 0.25) is 0 Å². The molecule has 1 fully saturated rings. The first-order valence-corrected chi connectivity index (χ1v) is 9.02. The highest BCUT2D eigenvalue weighted by atomic mass is 35.5. The SMILES string of the molecule is CC(C)C1CCCN(CCNCc2ccc(Cl)s2)CC1. The van der Waals surface area contributed by atoms with Gasteiger partial charge in [0.15, 0.2) is 0 Å². The van der Waals surface area contributed by atoms with E-state index in [9.17, 15) is 0 Å². The van der Waals surface area contributed by atoms with E-state index in [4.69, 9.17) is 11.6 Å². The first-order chi connectivity index (χ1) is 9.65. The number of halogens is 1. The number of nitrogens with one attached hydrogen (secondary N) is 1. The first kappa shape index (κ1) is 16.3. The molecule has 20 heavy (non-hydrogen) atoms. The van der Waals surface area contributed by atoms with E-state index in [1.165, 1.54) is 43.8 Å². The molecule has 0 spiro atoms. The van der Waals surface area contributed by atoms with E-state index in [2.05, 4.69) is 30.1 Å². The highest BCUT2D eigenvalue weighted by Crippen LogP contribution is 2.24. The standard InChI is InChI=1S/C16H27ClN2S/c1-13(2)14-4-3-9-19(10-7-14)11-8-18-12-15-5-6-16(17)20-15/h5-6,13-14,18H,3-4,7-12H2,1-2H3. The van der Waals surface area contributed by atoms with Gasteiger partial charge in [0.05, 0.1) is 4.34 Å². The maximum absolute atomic E-state index is 5.93. The Bertz CT molecular complexity index is 392. The van der Waals surface area contributed by atoms with E-state index in [-0.39, 0.29) is 0 Å². The number of hydrogen-bond donors (Lipinski definition) is 1. The summed E-state index contributed by atoms with van der Waals surface area (Å²) in [6, 6.07) is 4.09. The minimum absolute atomic E-state index is 0.844. The number of hydrogen-bond acceptors (Lipinski definition) is 3. The van der Waals surface area contributed by atoms with E-state index in [0.717, 1.165) is 29.3 Å². The van der Waals surface area contributed by atoms with Crippen LogP contribution in [-0.2, 0) is 6.54 Å². The van der Waals surface area contributed by atoms with E-state index in [1.807, 2.05) is 6.07 Å². The quantitative estimate of drug-likeness (QED) is 0.790. The Hall–Kier alpha value is -0.0900. The Kier molecular flexibility index (Phi) is 6.82. The van der Waals surface area contributed by atoms with Crippen LogP contribution in [0.3, 0.4) is 0 Å². The second-order valence-corrected chi connectivity index (χ2v) is 7.96. The van der Waals surface area contributed by atoms with Crippen LogP contribution in [0.1, 0.15) is 38.0 Å². The van der Waals surface area contributed by atoms with Gasteiger partial charge < -0.3 is 10.2 Å². The van der Waals surface area contributed by atoms with Gasteiger partial charge in [0, 0.05) is 24.5 Å². The van der Waals surface area contributed by atoms with Crippen molar-refractivity contribution in [3.8, 4) is 0 Å². The molecule has 1 aromatic heterocycles. The monoisotopic (exact) mass is 314 g/mol. The molecule has 0 amide bonds. The van der Waals surface area contributed by atoms with Gasteiger partial charge in [0.25, 0.3) is 0 Å². The van der Waals surface area contributed by atoms with Gasteiger partial charge in [-0.1, -0.05) is 25.4 Å². The van der Waals surface area contributed by atoms with Crippen molar-refractivity contribution in [2.75, 3.05) is 26.2 Å². The predicted octanol–water partition coefficient (Wildman–Crippen LogP) is 4.25. The summed E-state index contributed by atoms with van der Waals surface area (Å²) in [5, 5.41) is 3.53. The molecule has 1 N–H and O–H groups in total. The molecule has 1 atom stereocenters. The summed E-state index contributed by atoms with van der Waals surface area (Å²) in [6.07, 6.45) is 4.15. The minimum atomic E-state index is 0.844. The number of nitrogens with zero attached hydrogens (tertiary/aromatic N) is 1. The van der Waals surface area contributed by atoms with Crippen LogP contribution in [0.4, 0.5) is 0 Å². The number of likely N-dealkylation sites (tertiary alicyclic amines) is 1. The Morgan fingerprint density at radius 1 is 1.35 bits per heavy atom. The third-order valence-corrected chi connectivity index (χ3v) is 5.57. The van der Waals surface area contributed by atoms with Crippen molar-refractivity contribution >= 4 is 22.9 Å². The fourth-order valence-electron chi connectivity index (χ4n) is 2.97. The second-order valence-electron chi connectivity index (χ2n) is 6.16. The van der Waals surface area contributed by atoms with Gasteiger partial charge in [-0.2, -0.15) is 0 Å². The zero-order valence-corrected chi connectivity index (χ0v) is 14.3. The van der Waals surface area contributed by atoms with Gasteiger partial charge in [0.1, 0.15) is 0 Å². The van der Waals surface area contributed by atoms with Crippen molar-refractivity contribution in [2.45, 2.75) is 39.7 Å². The summed E-state index contributed by atoms with van der Waals surface area (Å²) in [7, 11) is 0. The molecule has 1 aliphatic rings. The van der Waals surface area contributed by atoms with Crippen LogP contribution in [0, 0.1) is 11.8 Å². The molecule has 0 aliphatic carbocycles. The van der Waals surface area contributed by atoms with Gasteiger partial charge >= 0.3 is 0 Å². The normalized spacial score (nSPS) is 21.3. The molecule has 1 saturated heterocycles. The Morgan fingerprint density at radius 2 is 2.20 bits per heavy atom. The minimum Gasteiger partial charge on any atom is -0.311 e. The lowest BCUT2D eigenvalue weighted by Gasteiger charge is -2.21. The average Bonchev–Trinajstić information content (AvgIpc) is 2.69. The molecule has 2 rings (SSSR count). The maximum atomic E-state index is 5.93. The lowest BCUT2D eigenvalue weighted by atomic mass is 9.89. The van der Waals surface area contributed by atoms with E-state index < -0.39 is 0 Å². The van der Waals surface area contributed by atoms with Crippen molar-refractivity contribution in [1.29, 1.82) is 0 Å². The van der Waals surface area contributed by atoms with Crippen molar-refractivity contribution in [3.63, 3.8) is 0 Å². The number of thiophene rings is 1. The molecule has 114 valence electrons. The zero-order chi connectivity index (χ0) is 14.4. The molecule has 0 aromatic carbocycles. The van der Waals surface area contributed by atoms with E-state index >= 15 is 0 Å². The van der Waals surface area contributed by atoms with Crippen molar-refractivity contribution in [2.24, 2.45) is 11.8 Å².